The molecule has 140 valence electrons. The highest BCUT2D eigenvalue weighted by Crippen LogP contribution is 2.36. The molecule has 0 bridgehead atoms. The Morgan fingerprint density at radius 3 is 2.63 bits per heavy atom. The van der Waals surface area contributed by atoms with Gasteiger partial charge in [0.05, 0.1) is 16.6 Å². The highest BCUT2D eigenvalue weighted by atomic mass is 32.1. The lowest BCUT2D eigenvalue weighted by Gasteiger charge is -2.22. The van der Waals surface area contributed by atoms with E-state index < -0.39 is 5.82 Å². The molecule has 4 rings (SSSR count). The van der Waals surface area contributed by atoms with Crippen molar-refractivity contribution in [2.24, 2.45) is 0 Å². The van der Waals surface area contributed by atoms with Gasteiger partial charge < -0.3 is 10.2 Å². The molecule has 1 aliphatic rings. The smallest absolute Gasteiger partial charge is 0.257 e. The van der Waals surface area contributed by atoms with Crippen LogP contribution in [0, 0.1) is 12.7 Å². The Morgan fingerprint density at radius 2 is 1.89 bits per heavy atom. The van der Waals surface area contributed by atoms with Gasteiger partial charge in [-0.15, -0.1) is 11.3 Å². The van der Waals surface area contributed by atoms with Crippen molar-refractivity contribution in [1.82, 2.24) is 9.97 Å². The number of anilines is 2. The van der Waals surface area contributed by atoms with Gasteiger partial charge in [-0.3, -0.25) is 4.79 Å². The zero-order valence-electron chi connectivity index (χ0n) is 15.2. The second-order valence-corrected chi connectivity index (χ2v) is 7.95. The molecule has 27 heavy (non-hydrogen) atoms. The maximum atomic E-state index is 14.0. The van der Waals surface area contributed by atoms with Crippen molar-refractivity contribution in [3.05, 3.63) is 46.9 Å². The summed E-state index contributed by atoms with van der Waals surface area (Å²) in [7, 11) is 0. The lowest BCUT2D eigenvalue weighted by molar-refractivity contribution is 0.102. The lowest BCUT2D eigenvalue weighted by Crippen LogP contribution is -2.25. The minimum atomic E-state index is -0.452. The Balaban J connectivity index is 1.77. The quantitative estimate of drug-likeness (QED) is 0.707. The van der Waals surface area contributed by atoms with E-state index in [-0.39, 0.29) is 11.6 Å². The minimum Gasteiger partial charge on any atom is -0.356 e. The zero-order valence-corrected chi connectivity index (χ0v) is 16.0. The summed E-state index contributed by atoms with van der Waals surface area (Å²) in [5.41, 5.74) is 0.715. The van der Waals surface area contributed by atoms with Gasteiger partial charge >= 0.3 is 0 Å². The van der Waals surface area contributed by atoms with Gasteiger partial charge in [-0.25, -0.2) is 14.4 Å². The van der Waals surface area contributed by atoms with E-state index in [9.17, 15) is 9.18 Å². The number of hydrogen-bond acceptors (Lipinski definition) is 5. The molecule has 0 atom stereocenters. The second-order valence-electron chi connectivity index (χ2n) is 6.75. The Bertz CT molecular complexity index is 979. The van der Waals surface area contributed by atoms with Gasteiger partial charge in [0.2, 0.25) is 0 Å². The molecule has 7 heteroatoms. The van der Waals surface area contributed by atoms with Gasteiger partial charge in [0.25, 0.3) is 5.91 Å². The number of halogens is 1. The molecule has 3 heterocycles. The number of carbonyl (C=O) groups is 1. The average molecular weight is 384 g/mol. The van der Waals surface area contributed by atoms with E-state index in [2.05, 4.69) is 20.2 Å². The number of hydrogen-bond donors (Lipinski definition) is 1. The Hall–Kier alpha value is -2.54. The molecular weight excluding hydrogens is 363 g/mol. The SMILES string of the molecule is Cc1sc2ncnc(N3CCCCCC3)c2c1C(=O)Nc1ccccc1F. The van der Waals surface area contributed by atoms with Crippen LogP contribution in [0.1, 0.15) is 40.9 Å². The first-order chi connectivity index (χ1) is 13.1. The third-order valence-corrected chi connectivity index (χ3v) is 5.91. The zero-order chi connectivity index (χ0) is 18.8. The van der Waals surface area contributed by atoms with Crippen molar-refractivity contribution in [3.63, 3.8) is 0 Å². The molecule has 1 N–H and O–H groups in total. The van der Waals surface area contributed by atoms with Crippen molar-refractivity contribution < 1.29 is 9.18 Å². The summed E-state index contributed by atoms with van der Waals surface area (Å²) in [4.78, 5) is 25.8. The van der Waals surface area contributed by atoms with Crippen LogP contribution in [0.15, 0.2) is 30.6 Å². The summed E-state index contributed by atoms with van der Waals surface area (Å²) < 4.78 is 14.0. The monoisotopic (exact) mass is 384 g/mol. The molecule has 0 aliphatic carbocycles. The molecule has 1 amide bonds. The van der Waals surface area contributed by atoms with Crippen LogP contribution in [0.3, 0.4) is 0 Å². The molecule has 0 saturated carbocycles. The van der Waals surface area contributed by atoms with E-state index in [1.165, 1.54) is 30.2 Å². The molecule has 3 aromatic rings. The number of rotatable bonds is 3. The molecule has 2 aromatic heterocycles. The molecule has 5 nitrogen and oxygen atoms in total. The van der Waals surface area contributed by atoms with Gasteiger partial charge in [0.1, 0.15) is 22.8 Å². The predicted octanol–water partition coefficient (Wildman–Crippen LogP) is 4.77. The highest BCUT2D eigenvalue weighted by molar-refractivity contribution is 7.19. The number of aryl methyl sites for hydroxylation is 1. The maximum absolute atomic E-state index is 14.0. The van der Waals surface area contributed by atoms with Crippen LogP contribution < -0.4 is 10.2 Å². The van der Waals surface area contributed by atoms with Crippen molar-refractivity contribution in [2.75, 3.05) is 23.3 Å². The number of nitrogens with zero attached hydrogens (tertiary/aromatic N) is 3. The molecule has 0 radical (unpaired) electrons. The number of aromatic nitrogens is 2. The molecule has 1 aliphatic heterocycles. The van der Waals surface area contributed by atoms with Gasteiger partial charge in [-0.05, 0) is 31.9 Å². The summed E-state index contributed by atoms with van der Waals surface area (Å²) in [6.45, 7) is 3.75. The van der Waals surface area contributed by atoms with Crippen LogP contribution in [-0.2, 0) is 0 Å². The van der Waals surface area contributed by atoms with E-state index >= 15 is 0 Å². The van der Waals surface area contributed by atoms with E-state index in [1.807, 2.05) is 6.92 Å². The first kappa shape index (κ1) is 17.9. The number of carbonyl (C=O) groups excluding carboxylic acids is 1. The number of para-hydroxylation sites is 1. The third-order valence-electron chi connectivity index (χ3n) is 4.90. The molecule has 1 fully saturated rings. The second kappa shape index (κ2) is 7.60. The van der Waals surface area contributed by atoms with Crippen molar-refractivity contribution in [3.8, 4) is 0 Å². The molecular formula is C20H21FN4OS. The number of fused-ring (bicyclic) bond motifs is 1. The number of thiophene rings is 1. The summed E-state index contributed by atoms with van der Waals surface area (Å²) in [5, 5.41) is 3.48. The van der Waals surface area contributed by atoms with Gasteiger partial charge in [-0.1, -0.05) is 25.0 Å². The Morgan fingerprint density at radius 1 is 1.15 bits per heavy atom. The number of nitrogens with one attached hydrogen (secondary N) is 1. The first-order valence-corrected chi connectivity index (χ1v) is 10.0. The van der Waals surface area contributed by atoms with Gasteiger partial charge in [-0.2, -0.15) is 0 Å². The van der Waals surface area contributed by atoms with Crippen molar-refractivity contribution in [1.29, 1.82) is 0 Å². The van der Waals surface area contributed by atoms with Crippen molar-refractivity contribution in [2.45, 2.75) is 32.6 Å². The van der Waals surface area contributed by atoms with Crippen LogP contribution in [0.2, 0.25) is 0 Å². The Kier molecular flexibility index (Phi) is 5.03. The van der Waals surface area contributed by atoms with Crippen LogP contribution in [0.4, 0.5) is 15.9 Å². The van der Waals surface area contributed by atoms with E-state index in [0.717, 1.165) is 46.8 Å². The predicted molar refractivity (Wildman–Crippen MR) is 107 cm³/mol. The van der Waals surface area contributed by atoms with Crippen LogP contribution in [0.25, 0.3) is 10.2 Å². The van der Waals surface area contributed by atoms with Crippen LogP contribution in [-0.4, -0.2) is 29.0 Å². The fourth-order valence-corrected chi connectivity index (χ4v) is 4.55. The fraction of sp³-hybridized carbons (Fsp3) is 0.350. The first-order valence-electron chi connectivity index (χ1n) is 9.20. The van der Waals surface area contributed by atoms with Gasteiger partial charge in [0.15, 0.2) is 0 Å². The molecule has 0 spiro atoms. The van der Waals surface area contributed by atoms with E-state index in [0.29, 0.717) is 5.56 Å². The molecule has 0 unspecified atom stereocenters. The number of benzene rings is 1. The summed E-state index contributed by atoms with van der Waals surface area (Å²) in [6, 6.07) is 6.19. The highest BCUT2D eigenvalue weighted by Gasteiger charge is 2.24. The minimum absolute atomic E-state index is 0.175. The lowest BCUT2D eigenvalue weighted by atomic mass is 10.1. The van der Waals surface area contributed by atoms with Crippen LogP contribution in [0.5, 0.6) is 0 Å². The van der Waals surface area contributed by atoms with Gasteiger partial charge in [0, 0.05) is 18.0 Å². The Labute approximate surface area is 161 Å². The average Bonchev–Trinajstić information content (AvgIpc) is 2.83. The summed E-state index contributed by atoms with van der Waals surface area (Å²) in [6.07, 6.45) is 6.23. The normalized spacial score (nSPS) is 15.0. The number of amides is 1. The van der Waals surface area contributed by atoms with Crippen LogP contribution >= 0.6 is 11.3 Å². The topological polar surface area (TPSA) is 58.1 Å². The van der Waals surface area contributed by atoms with E-state index in [1.54, 1.807) is 24.5 Å². The fourth-order valence-electron chi connectivity index (χ4n) is 3.57. The largest absolute Gasteiger partial charge is 0.356 e. The van der Waals surface area contributed by atoms with E-state index in [4.69, 9.17) is 0 Å². The molecule has 1 saturated heterocycles. The third kappa shape index (κ3) is 3.51. The molecule has 1 aromatic carbocycles. The van der Waals surface area contributed by atoms with Crippen molar-refractivity contribution >= 4 is 39.0 Å². The summed E-state index contributed by atoms with van der Waals surface area (Å²) >= 11 is 1.47. The maximum Gasteiger partial charge on any atom is 0.257 e. The summed E-state index contributed by atoms with van der Waals surface area (Å²) in [5.74, 6) is 0.0340. The standard InChI is InChI=1S/C20H21FN4OS/c1-13-16(19(26)24-15-9-5-4-8-14(15)21)17-18(22-12-23-20(17)27-13)25-10-6-2-3-7-11-25/h4-5,8-9,12H,2-3,6-7,10-11H2,1H3,(H,24,26).